The maximum atomic E-state index is 12.2. The molecule has 2 aromatic rings. The number of hydrogen-bond acceptors (Lipinski definition) is 5. The minimum atomic E-state index is -0.541. The largest absolute Gasteiger partial charge is 0.347 e. The summed E-state index contributed by atoms with van der Waals surface area (Å²) in [5.74, 6) is -0.442. The van der Waals surface area contributed by atoms with E-state index in [1.54, 1.807) is 12.1 Å². The Morgan fingerprint density at radius 2 is 2.19 bits per heavy atom. The maximum absolute atomic E-state index is 12.2. The molecule has 110 valence electrons. The van der Waals surface area contributed by atoms with Crippen LogP contribution < -0.4 is 5.32 Å². The van der Waals surface area contributed by atoms with E-state index in [9.17, 15) is 14.9 Å². The highest BCUT2D eigenvalue weighted by atomic mass is 79.9. The van der Waals surface area contributed by atoms with Gasteiger partial charge in [0.2, 0.25) is 0 Å². The summed E-state index contributed by atoms with van der Waals surface area (Å²) in [6.07, 6.45) is 1.85. The molecule has 1 amide bonds. The molecule has 5 nitrogen and oxygen atoms in total. The maximum Gasteiger partial charge on any atom is 0.282 e. The van der Waals surface area contributed by atoms with E-state index in [1.807, 2.05) is 18.4 Å². The fourth-order valence-corrected chi connectivity index (χ4v) is 3.56. The number of thiophene rings is 1. The highest BCUT2D eigenvalue weighted by molar-refractivity contribution is 9.11. The number of nitro groups is 1. The lowest BCUT2D eigenvalue weighted by atomic mass is 10.1. The zero-order valence-corrected chi connectivity index (χ0v) is 14.2. The number of carbonyl (C=O) groups is 1. The number of rotatable bonds is 5. The first-order valence-corrected chi connectivity index (χ1v) is 8.69. The predicted molar refractivity (Wildman–Crippen MR) is 88.1 cm³/mol. The number of halogens is 1. The van der Waals surface area contributed by atoms with E-state index in [0.29, 0.717) is 6.54 Å². The van der Waals surface area contributed by atoms with Gasteiger partial charge in [-0.1, -0.05) is 0 Å². The van der Waals surface area contributed by atoms with Crippen LogP contribution in [0.2, 0.25) is 0 Å². The van der Waals surface area contributed by atoms with Gasteiger partial charge in [0, 0.05) is 15.8 Å². The van der Waals surface area contributed by atoms with Crippen LogP contribution >= 0.6 is 39.0 Å². The van der Waals surface area contributed by atoms with Gasteiger partial charge in [-0.05, 0) is 46.5 Å². The monoisotopic (exact) mass is 386 g/mol. The Hall–Kier alpha value is -1.38. The minimum Gasteiger partial charge on any atom is -0.347 e. The van der Waals surface area contributed by atoms with Gasteiger partial charge in [-0.25, -0.2) is 0 Å². The number of hydrogen-bond donors (Lipinski definition) is 1. The average Bonchev–Trinajstić information content (AvgIpc) is 2.89. The number of nitrogens with one attached hydrogen (secondary N) is 1. The zero-order valence-electron chi connectivity index (χ0n) is 11.0. The fourth-order valence-electron chi connectivity index (χ4n) is 1.69. The van der Waals surface area contributed by atoms with Crippen molar-refractivity contribution >= 4 is 50.6 Å². The predicted octanol–water partition coefficient (Wildman–Crippen LogP) is 4.07. The molecule has 0 atom stereocenters. The van der Waals surface area contributed by atoms with Crippen LogP contribution in [0, 0.1) is 10.1 Å². The minimum absolute atomic E-state index is 0.0856. The van der Waals surface area contributed by atoms with Gasteiger partial charge in [0.25, 0.3) is 11.6 Å². The van der Waals surface area contributed by atoms with Crippen molar-refractivity contribution < 1.29 is 9.72 Å². The topological polar surface area (TPSA) is 72.2 Å². The number of carbonyl (C=O) groups excluding carboxylic acids is 1. The first-order chi connectivity index (χ1) is 10.0. The molecule has 21 heavy (non-hydrogen) atoms. The third kappa shape index (κ3) is 4.05. The molecule has 0 aliphatic rings. The summed E-state index contributed by atoms with van der Waals surface area (Å²) in [4.78, 5) is 24.4. The Morgan fingerprint density at radius 1 is 1.43 bits per heavy atom. The van der Waals surface area contributed by atoms with Crippen molar-refractivity contribution in [3.05, 3.63) is 54.7 Å². The van der Waals surface area contributed by atoms with Crippen LogP contribution in [0.5, 0.6) is 0 Å². The molecule has 1 heterocycles. The smallest absolute Gasteiger partial charge is 0.282 e. The van der Waals surface area contributed by atoms with E-state index in [-0.39, 0.29) is 11.3 Å². The van der Waals surface area contributed by atoms with Crippen LogP contribution in [0.15, 0.2) is 39.0 Å². The van der Waals surface area contributed by atoms with Crippen molar-refractivity contribution in [2.24, 2.45) is 0 Å². The molecule has 1 aromatic heterocycles. The van der Waals surface area contributed by atoms with Crippen LogP contribution in [0.3, 0.4) is 0 Å². The SMILES string of the molecule is CSc1ccc([N+](=O)[O-])c(C(=O)NCc2ccc(Br)s2)c1. The molecule has 1 aromatic carbocycles. The summed E-state index contributed by atoms with van der Waals surface area (Å²) in [7, 11) is 0. The van der Waals surface area contributed by atoms with Crippen molar-refractivity contribution in [1.29, 1.82) is 0 Å². The molecular weight excluding hydrogens is 376 g/mol. The van der Waals surface area contributed by atoms with Gasteiger partial charge < -0.3 is 5.32 Å². The standard InChI is InChI=1S/C13H11BrN2O3S2/c1-20-8-2-4-11(16(18)19)10(6-8)13(17)15-7-9-3-5-12(14)21-9/h2-6H,7H2,1H3,(H,15,17). The molecule has 0 saturated heterocycles. The van der Waals surface area contributed by atoms with E-state index in [0.717, 1.165) is 13.6 Å². The van der Waals surface area contributed by atoms with Crippen LogP contribution in [0.4, 0.5) is 5.69 Å². The van der Waals surface area contributed by atoms with Gasteiger partial charge in [-0.3, -0.25) is 14.9 Å². The van der Waals surface area contributed by atoms with Gasteiger partial charge in [0.1, 0.15) is 5.56 Å². The molecule has 0 saturated carbocycles. The second-order valence-corrected chi connectivity index (χ2v) is 7.46. The molecule has 0 unspecified atom stereocenters. The lowest BCUT2D eigenvalue weighted by Gasteiger charge is -2.06. The van der Waals surface area contributed by atoms with E-state index in [1.165, 1.54) is 29.2 Å². The molecular formula is C13H11BrN2O3S2. The molecule has 0 bridgehead atoms. The first-order valence-electron chi connectivity index (χ1n) is 5.86. The van der Waals surface area contributed by atoms with Crippen molar-refractivity contribution in [3.63, 3.8) is 0 Å². The molecule has 2 rings (SSSR count). The zero-order chi connectivity index (χ0) is 15.4. The Morgan fingerprint density at radius 3 is 2.76 bits per heavy atom. The van der Waals surface area contributed by atoms with Crippen molar-refractivity contribution in [2.75, 3.05) is 6.26 Å². The van der Waals surface area contributed by atoms with Gasteiger partial charge in [0.05, 0.1) is 15.3 Å². The normalized spacial score (nSPS) is 10.4. The first kappa shape index (κ1) is 16.0. The fraction of sp³-hybridized carbons (Fsp3) is 0.154. The quantitative estimate of drug-likeness (QED) is 0.477. The summed E-state index contributed by atoms with van der Waals surface area (Å²) >= 11 is 6.29. The Labute approximate surface area is 138 Å². The van der Waals surface area contributed by atoms with Gasteiger partial charge in [-0.2, -0.15) is 0 Å². The summed E-state index contributed by atoms with van der Waals surface area (Å²) in [6.45, 7) is 0.343. The van der Waals surface area contributed by atoms with E-state index in [4.69, 9.17) is 0 Å². The molecule has 0 spiro atoms. The van der Waals surface area contributed by atoms with Gasteiger partial charge in [0.15, 0.2) is 0 Å². The number of benzene rings is 1. The molecule has 8 heteroatoms. The third-order valence-electron chi connectivity index (χ3n) is 2.70. The third-order valence-corrected chi connectivity index (χ3v) is 5.05. The summed E-state index contributed by atoms with van der Waals surface area (Å²) in [5, 5.41) is 13.7. The number of thioether (sulfide) groups is 1. The molecule has 0 aliphatic heterocycles. The molecule has 1 N–H and O–H groups in total. The second kappa shape index (κ2) is 7.06. The average molecular weight is 387 g/mol. The Bertz CT molecular complexity index is 688. The van der Waals surface area contributed by atoms with Crippen LogP contribution in [0.25, 0.3) is 0 Å². The van der Waals surface area contributed by atoms with Gasteiger partial charge >= 0.3 is 0 Å². The summed E-state index contributed by atoms with van der Waals surface area (Å²) < 4.78 is 0.974. The van der Waals surface area contributed by atoms with E-state index >= 15 is 0 Å². The van der Waals surface area contributed by atoms with Crippen molar-refractivity contribution in [2.45, 2.75) is 11.4 Å². The number of amides is 1. The highest BCUT2D eigenvalue weighted by Gasteiger charge is 2.20. The van der Waals surface area contributed by atoms with Gasteiger partial charge in [-0.15, -0.1) is 23.1 Å². The Kier molecular flexibility index (Phi) is 5.38. The van der Waals surface area contributed by atoms with Crippen LogP contribution in [0.1, 0.15) is 15.2 Å². The highest BCUT2D eigenvalue weighted by Crippen LogP contribution is 2.25. The molecule has 0 fully saturated rings. The lowest BCUT2D eigenvalue weighted by molar-refractivity contribution is -0.385. The van der Waals surface area contributed by atoms with Crippen LogP contribution in [-0.2, 0) is 6.54 Å². The van der Waals surface area contributed by atoms with E-state index < -0.39 is 10.8 Å². The molecule has 0 radical (unpaired) electrons. The lowest BCUT2D eigenvalue weighted by Crippen LogP contribution is -2.23. The summed E-state index contributed by atoms with van der Waals surface area (Å²) in [6, 6.07) is 8.33. The number of nitro benzene ring substituents is 1. The van der Waals surface area contributed by atoms with Crippen molar-refractivity contribution in [1.82, 2.24) is 5.32 Å². The number of nitrogens with zero attached hydrogens (tertiary/aromatic N) is 1. The summed E-state index contributed by atoms with van der Waals surface area (Å²) in [5.41, 5.74) is -0.0971. The van der Waals surface area contributed by atoms with Crippen molar-refractivity contribution in [3.8, 4) is 0 Å². The Balaban J connectivity index is 2.19. The van der Waals surface area contributed by atoms with Crippen LogP contribution in [-0.4, -0.2) is 17.1 Å². The molecule has 0 aliphatic carbocycles. The second-order valence-electron chi connectivity index (χ2n) is 4.03. The van der Waals surface area contributed by atoms with E-state index in [2.05, 4.69) is 21.2 Å².